The molecule has 0 saturated carbocycles. The molecule has 0 aliphatic rings. The average molecular weight is 386 g/mol. The van der Waals surface area contributed by atoms with Gasteiger partial charge in [0.15, 0.2) is 17.5 Å². The predicted molar refractivity (Wildman–Crippen MR) is 114 cm³/mol. The van der Waals surface area contributed by atoms with Gasteiger partial charge in [0, 0.05) is 25.7 Å². The van der Waals surface area contributed by atoms with Crippen LogP contribution in [0.1, 0.15) is 23.6 Å². The summed E-state index contributed by atoms with van der Waals surface area (Å²) in [5.74, 6) is 2.73. The number of hydrogen-bond acceptors (Lipinski definition) is 4. The van der Waals surface area contributed by atoms with Crippen LogP contribution in [0.15, 0.2) is 41.4 Å². The number of hydrogen-bond donors (Lipinski definition) is 2. The minimum Gasteiger partial charge on any atom is -0.493 e. The molecule has 0 unspecified atom stereocenters. The van der Waals surface area contributed by atoms with Gasteiger partial charge in [-0.25, -0.2) is 0 Å². The summed E-state index contributed by atoms with van der Waals surface area (Å²) in [5.41, 5.74) is 3.68. The number of benzene rings is 2. The Morgan fingerprint density at radius 3 is 2.18 bits per heavy atom. The molecule has 0 radical (unpaired) electrons. The molecule has 6 nitrogen and oxygen atoms in total. The summed E-state index contributed by atoms with van der Waals surface area (Å²) in [7, 11) is 6.64. The van der Waals surface area contributed by atoms with Gasteiger partial charge in [-0.3, -0.25) is 4.99 Å². The minimum atomic E-state index is 0.612. The Balaban J connectivity index is 1.96. The van der Waals surface area contributed by atoms with E-state index in [1.165, 1.54) is 11.1 Å². The molecule has 6 heteroatoms. The molecule has 0 aliphatic carbocycles. The van der Waals surface area contributed by atoms with Gasteiger partial charge in [0.25, 0.3) is 0 Å². The number of ether oxygens (including phenoxy) is 3. The van der Waals surface area contributed by atoms with E-state index in [9.17, 15) is 0 Å². The minimum absolute atomic E-state index is 0.612. The number of methoxy groups -OCH3 is 3. The molecule has 28 heavy (non-hydrogen) atoms. The number of aryl methyl sites for hydroxylation is 1. The van der Waals surface area contributed by atoms with Crippen molar-refractivity contribution in [3.63, 3.8) is 0 Å². The third-order valence-corrected chi connectivity index (χ3v) is 4.64. The van der Waals surface area contributed by atoms with Gasteiger partial charge in [0.2, 0.25) is 5.75 Å². The Kier molecular flexibility index (Phi) is 8.46. The van der Waals surface area contributed by atoms with Crippen molar-refractivity contribution in [1.82, 2.24) is 10.6 Å². The van der Waals surface area contributed by atoms with Crippen LogP contribution in [-0.2, 0) is 19.4 Å². The molecule has 0 heterocycles. The molecule has 2 N–H and O–H groups in total. The van der Waals surface area contributed by atoms with E-state index in [4.69, 9.17) is 14.2 Å². The van der Waals surface area contributed by atoms with Crippen LogP contribution in [0.25, 0.3) is 0 Å². The van der Waals surface area contributed by atoms with Crippen LogP contribution in [-0.4, -0.2) is 40.9 Å². The Bertz CT molecular complexity index is 791. The smallest absolute Gasteiger partial charge is 0.203 e. The standard InChI is InChI=1S/C22H31N3O3/c1-6-16-9-7-8-10-18(16)15-25-22(23-2)24-14-13-17-11-12-19(26-3)21(28-5)20(17)27-4/h7-12H,6,13-15H2,1-5H3,(H2,23,24,25). The van der Waals surface area contributed by atoms with Crippen LogP contribution in [0.3, 0.4) is 0 Å². The largest absolute Gasteiger partial charge is 0.493 e. The predicted octanol–water partition coefficient (Wildman–Crippen LogP) is 3.18. The molecular formula is C22H31N3O3. The van der Waals surface area contributed by atoms with Crippen LogP contribution < -0.4 is 24.8 Å². The van der Waals surface area contributed by atoms with E-state index in [2.05, 4.69) is 46.8 Å². The summed E-state index contributed by atoms with van der Waals surface area (Å²) >= 11 is 0. The maximum Gasteiger partial charge on any atom is 0.203 e. The third kappa shape index (κ3) is 5.31. The van der Waals surface area contributed by atoms with Crippen molar-refractivity contribution in [3.8, 4) is 17.2 Å². The number of nitrogens with zero attached hydrogens (tertiary/aromatic N) is 1. The molecule has 2 rings (SSSR count). The lowest BCUT2D eigenvalue weighted by Crippen LogP contribution is -2.38. The zero-order valence-electron chi connectivity index (χ0n) is 17.5. The molecular weight excluding hydrogens is 354 g/mol. The van der Waals surface area contributed by atoms with Crippen LogP contribution >= 0.6 is 0 Å². The fraction of sp³-hybridized carbons (Fsp3) is 0.409. The third-order valence-electron chi connectivity index (χ3n) is 4.64. The summed E-state index contributed by atoms with van der Waals surface area (Å²) in [4.78, 5) is 4.31. The zero-order chi connectivity index (χ0) is 20.4. The van der Waals surface area contributed by atoms with Crippen molar-refractivity contribution < 1.29 is 14.2 Å². The van der Waals surface area contributed by atoms with Gasteiger partial charge >= 0.3 is 0 Å². The fourth-order valence-electron chi connectivity index (χ4n) is 3.15. The lowest BCUT2D eigenvalue weighted by molar-refractivity contribution is 0.322. The molecule has 2 aromatic carbocycles. The number of guanidine groups is 1. The Morgan fingerprint density at radius 2 is 1.57 bits per heavy atom. The van der Waals surface area contributed by atoms with Crippen molar-refractivity contribution in [2.24, 2.45) is 4.99 Å². The molecule has 152 valence electrons. The van der Waals surface area contributed by atoms with Crippen LogP contribution in [0.4, 0.5) is 0 Å². The van der Waals surface area contributed by atoms with Gasteiger partial charge in [-0.15, -0.1) is 0 Å². The van der Waals surface area contributed by atoms with Crippen molar-refractivity contribution >= 4 is 5.96 Å². The second-order valence-corrected chi connectivity index (χ2v) is 6.22. The maximum absolute atomic E-state index is 5.55. The molecule has 0 atom stereocenters. The van der Waals surface area contributed by atoms with E-state index >= 15 is 0 Å². The Labute approximate surface area is 167 Å². The number of rotatable bonds is 9. The van der Waals surface area contributed by atoms with Gasteiger partial charge in [0.05, 0.1) is 21.3 Å². The molecule has 2 aromatic rings. The highest BCUT2D eigenvalue weighted by Gasteiger charge is 2.15. The summed E-state index contributed by atoms with van der Waals surface area (Å²) < 4.78 is 16.3. The summed E-state index contributed by atoms with van der Waals surface area (Å²) in [6.07, 6.45) is 1.78. The molecule has 0 amide bonds. The first-order valence-corrected chi connectivity index (χ1v) is 9.47. The summed E-state index contributed by atoms with van der Waals surface area (Å²) in [6, 6.07) is 12.3. The topological polar surface area (TPSA) is 64.1 Å². The molecule has 0 saturated heterocycles. The highest BCUT2D eigenvalue weighted by molar-refractivity contribution is 5.79. The van der Waals surface area contributed by atoms with E-state index in [0.717, 1.165) is 30.9 Å². The van der Waals surface area contributed by atoms with E-state index in [-0.39, 0.29) is 0 Å². The quantitative estimate of drug-likeness (QED) is 0.513. The lowest BCUT2D eigenvalue weighted by Gasteiger charge is -2.17. The highest BCUT2D eigenvalue weighted by atomic mass is 16.5. The van der Waals surface area contributed by atoms with Gasteiger partial charge in [-0.1, -0.05) is 37.3 Å². The normalized spacial score (nSPS) is 11.1. The first-order chi connectivity index (χ1) is 13.7. The number of aliphatic imine (C=N–C) groups is 1. The van der Waals surface area contributed by atoms with Gasteiger partial charge in [-0.05, 0) is 30.0 Å². The van der Waals surface area contributed by atoms with Crippen LogP contribution in [0, 0.1) is 0 Å². The van der Waals surface area contributed by atoms with Crippen molar-refractivity contribution in [3.05, 3.63) is 53.1 Å². The summed E-state index contributed by atoms with van der Waals surface area (Å²) in [6.45, 7) is 3.62. The van der Waals surface area contributed by atoms with Crippen LogP contribution in [0.2, 0.25) is 0 Å². The second-order valence-electron chi connectivity index (χ2n) is 6.22. The average Bonchev–Trinajstić information content (AvgIpc) is 2.75. The van der Waals surface area contributed by atoms with Crippen molar-refractivity contribution in [2.75, 3.05) is 34.9 Å². The van der Waals surface area contributed by atoms with Gasteiger partial charge in [-0.2, -0.15) is 0 Å². The first kappa shape index (κ1) is 21.4. The SMILES string of the molecule is CCc1ccccc1CNC(=NC)NCCc1ccc(OC)c(OC)c1OC. The molecule has 0 bridgehead atoms. The number of nitrogens with one attached hydrogen (secondary N) is 2. The monoisotopic (exact) mass is 385 g/mol. The Morgan fingerprint density at radius 1 is 0.857 bits per heavy atom. The van der Waals surface area contributed by atoms with Crippen LogP contribution in [0.5, 0.6) is 17.2 Å². The van der Waals surface area contributed by atoms with Gasteiger partial charge < -0.3 is 24.8 Å². The summed E-state index contributed by atoms with van der Waals surface area (Å²) in [5, 5.41) is 6.73. The van der Waals surface area contributed by atoms with E-state index < -0.39 is 0 Å². The first-order valence-electron chi connectivity index (χ1n) is 9.47. The molecule has 0 fully saturated rings. The second kappa shape index (κ2) is 11.1. The van der Waals surface area contributed by atoms with E-state index in [1.54, 1.807) is 28.4 Å². The zero-order valence-corrected chi connectivity index (χ0v) is 17.5. The highest BCUT2D eigenvalue weighted by Crippen LogP contribution is 2.39. The van der Waals surface area contributed by atoms with E-state index in [0.29, 0.717) is 23.8 Å². The van der Waals surface area contributed by atoms with Crippen molar-refractivity contribution in [2.45, 2.75) is 26.3 Å². The lowest BCUT2D eigenvalue weighted by atomic mass is 10.1. The fourth-order valence-corrected chi connectivity index (χ4v) is 3.15. The maximum atomic E-state index is 5.55. The Hall–Kier alpha value is -2.89. The molecule has 0 aromatic heterocycles. The molecule has 0 aliphatic heterocycles. The molecule has 0 spiro atoms. The van der Waals surface area contributed by atoms with Crippen molar-refractivity contribution in [1.29, 1.82) is 0 Å². The van der Waals surface area contributed by atoms with E-state index in [1.807, 2.05) is 12.1 Å². The van der Waals surface area contributed by atoms with Gasteiger partial charge in [0.1, 0.15) is 0 Å².